The van der Waals surface area contributed by atoms with E-state index in [2.05, 4.69) is 15.5 Å². The largest absolute Gasteiger partial charge is 0.492 e. The summed E-state index contributed by atoms with van der Waals surface area (Å²) < 4.78 is 22.3. The minimum Gasteiger partial charge on any atom is -0.492 e. The molecule has 35 heavy (non-hydrogen) atoms. The molecule has 0 aliphatic carbocycles. The Bertz CT molecular complexity index is 1050. The van der Waals surface area contributed by atoms with Crippen LogP contribution in [0.2, 0.25) is 10.0 Å². The number of ketones is 1. The molecule has 1 atom stereocenters. The summed E-state index contributed by atoms with van der Waals surface area (Å²) in [6.45, 7) is 9.85. The molecule has 0 bridgehead atoms. The van der Waals surface area contributed by atoms with Crippen molar-refractivity contribution in [1.82, 2.24) is 0 Å². The fourth-order valence-electron chi connectivity index (χ4n) is 2.98. The van der Waals surface area contributed by atoms with Crippen LogP contribution in [0.4, 0.5) is 11.4 Å². The summed E-state index contributed by atoms with van der Waals surface area (Å²) in [4.78, 5) is 25.3. The highest BCUT2D eigenvalue weighted by Gasteiger charge is 2.26. The Balaban J connectivity index is 2.37. The van der Waals surface area contributed by atoms with Gasteiger partial charge in [0.15, 0.2) is 17.3 Å². The molecular weight excluding hydrogens is 497 g/mol. The molecule has 0 saturated heterocycles. The molecule has 0 spiro atoms. The van der Waals surface area contributed by atoms with Gasteiger partial charge in [-0.25, -0.2) is 0 Å². The zero-order chi connectivity index (χ0) is 26.0. The lowest BCUT2D eigenvalue weighted by Crippen LogP contribution is -2.32. The average molecular weight is 526 g/mol. The second-order valence-corrected chi connectivity index (χ2v) is 7.74. The Morgan fingerprint density at radius 2 is 1.43 bits per heavy atom. The van der Waals surface area contributed by atoms with Crippen LogP contribution < -0.4 is 24.3 Å². The number of carbonyl (C=O) groups is 2. The van der Waals surface area contributed by atoms with Gasteiger partial charge in [-0.15, -0.1) is 0 Å². The Morgan fingerprint density at radius 1 is 0.886 bits per heavy atom. The van der Waals surface area contributed by atoms with E-state index in [0.29, 0.717) is 59.4 Å². The summed E-state index contributed by atoms with van der Waals surface area (Å²) >= 11 is 12.5. The Morgan fingerprint density at radius 3 is 1.94 bits per heavy atom. The van der Waals surface area contributed by atoms with Gasteiger partial charge >= 0.3 is 0 Å². The average Bonchev–Trinajstić information content (AvgIpc) is 2.81. The number of hydrogen-bond acceptors (Lipinski definition) is 8. The number of carbonyl (C=O) groups excluding carboxylic acids is 2. The van der Waals surface area contributed by atoms with E-state index in [1.807, 2.05) is 13.8 Å². The maximum atomic E-state index is 13.0. The van der Waals surface area contributed by atoms with Crippen LogP contribution in [0.1, 0.15) is 34.6 Å². The Labute approximate surface area is 214 Å². The van der Waals surface area contributed by atoms with Gasteiger partial charge in [-0.1, -0.05) is 23.2 Å². The van der Waals surface area contributed by atoms with Gasteiger partial charge < -0.3 is 24.3 Å². The molecular formula is C24H29Cl2N3O6. The molecule has 190 valence electrons. The van der Waals surface area contributed by atoms with Crippen LogP contribution in [-0.4, -0.2) is 44.2 Å². The Hall–Kier alpha value is -3.04. The predicted molar refractivity (Wildman–Crippen MR) is 135 cm³/mol. The number of halogens is 2. The molecule has 0 aliphatic heterocycles. The van der Waals surface area contributed by atoms with Crippen molar-refractivity contribution in [2.24, 2.45) is 10.2 Å². The lowest BCUT2D eigenvalue weighted by Gasteiger charge is -2.17. The molecule has 1 unspecified atom stereocenters. The van der Waals surface area contributed by atoms with E-state index in [1.54, 1.807) is 38.1 Å². The molecule has 0 aromatic heterocycles. The highest BCUT2D eigenvalue weighted by Crippen LogP contribution is 2.42. The monoisotopic (exact) mass is 525 g/mol. The first-order valence-electron chi connectivity index (χ1n) is 11.2. The first kappa shape index (κ1) is 28.2. The third-order valence-electron chi connectivity index (χ3n) is 4.41. The number of benzene rings is 2. The molecule has 0 aliphatic rings. The highest BCUT2D eigenvalue weighted by atomic mass is 35.5. The normalized spacial score (nSPS) is 11.7. The van der Waals surface area contributed by atoms with Gasteiger partial charge in [-0.3, -0.25) is 9.59 Å². The minimum absolute atomic E-state index is 0.259. The number of amides is 1. The van der Waals surface area contributed by atoms with Crippen LogP contribution in [0, 0.1) is 0 Å². The fourth-order valence-corrected chi connectivity index (χ4v) is 3.41. The van der Waals surface area contributed by atoms with Crippen molar-refractivity contribution in [3.05, 3.63) is 34.3 Å². The number of hydrogen-bond donors (Lipinski definition) is 1. The van der Waals surface area contributed by atoms with E-state index in [1.165, 1.54) is 6.92 Å². The molecule has 1 amide bonds. The van der Waals surface area contributed by atoms with Crippen LogP contribution >= 0.6 is 23.2 Å². The van der Waals surface area contributed by atoms with Gasteiger partial charge in [0.1, 0.15) is 16.5 Å². The number of Topliss-reactive ketones (excluding diaryl/α,β-unsaturated/α-hetero) is 1. The third-order valence-corrected chi connectivity index (χ3v) is 5.08. The summed E-state index contributed by atoms with van der Waals surface area (Å²) in [5.74, 6) is 0.0497. The summed E-state index contributed by atoms with van der Waals surface area (Å²) in [7, 11) is 0. The molecule has 2 aromatic rings. The SMILES string of the molecule is CCOc1cc(N=NC(C(C)=O)C(=O)Nc2ccc(Cl)c(OCC)c2OCC)cc(OCC)c1Cl. The van der Waals surface area contributed by atoms with Gasteiger partial charge in [0.25, 0.3) is 5.91 Å². The zero-order valence-corrected chi connectivity index (χ0v) is 21.8. The molecule has 0 saturated carbocycles. The molecule has 1 N–H and O–H groups in total. The van der Waals surface area contributed by atoms with Crippen molar-refractivity contribution in [3.63, 3.8) is 0 Å². The van der Waals surface area contributed by atoms with Crippen LogP contribution in [0.3, 0.4) is 0 Å². The van der Waals surface area contributed by atoms with Crippen molar-refractivity contribution < 1.29 is 28.5 Å². The first-order chi connectivity index (χ1) is 16.8. The maximum Gasteiger partial charge on any atom is 0.258 e. The topological polar surface area (TPSA) is 108 Å². The highest BCUT2D eigenvalue weighted by molar-refractivity contribution is 6.33. The molecule has 2 aromatic carbocycles. The van der Waals surface area contributed by atoms with E-state index in [0.717, 1.165) is 0 Å². The van der Waals surface area contributed by atoms with Crippen LogP contribution in [0.25, 0.3) is 0 Å². The quantitative estimate of drug-likeness (QED) is 0.244. The van der Waals surface area contributed by atoms with Gasteiger partial charge in [0.05, 0.1) is 42.8 Å². The lowest BCUT2D eigenvalue weighted by atomic mass is 10.2. The van der Waals surface area contributed by atoms with Crippen molar-refractivity contribution in [2.45, 2.75) is 40.7 Å². The van der Waals surface area contributed by atoms with E-state index in [4.69, 9.17) is 42.1 Å². The fraction of sp³-hybridized carbons (Fsp3) is 0.417. The first-order valence-corrected chi connectivity index (χ1v) is 11.9. The third kappa shape index (κ3) is 7.47. The van der Waals surface area contributed by atoms with Gasteiger partial charge in [0.2, 0.25) is 6.04 Å². The van der Waals surface area contributed by atoms with Crippen molar-refractivity contribution in [1.29, 1.82) is 0 Å². The summed E-state index contributed by atoms with van der Waals surface area (Å²) in [5, 5.41) is 11.4. The van der Waals surface area contributed by atoms with Crippen molar-refractivity contribution in [2.75, 3.05) is 31.7 Å². The van der Waals surface area contributed by atoms with E-state index in [-0.39, 0.29) is 11.4 Å². The molecule has 0 fully saturated rings. The number of rotatable bonds is 13. The second-order valence-electron chi connectivity index (χ2n) is 6.96. The van der Waals surface area contributed by atoms with Crippen LogP contribution in [0.15, 0.2) is 34.5 Å². The summed E-state index contributed by atoms with van der Waals surface area (Å²) in [5.41, 5.74) is 0.593. The molecule has 11 heteroatoms. The van der Waals surface area contributed by atoms with Gasteiger partial charge in [-0.05, 0) is 46.8 Å². The van der Waals surface area contributed by atoms with Gasteiger partial charge in [-0.2, -0.15) is 10.2 Å². The van der Waals surface area contributed by atoms with Crippen molar-refractivity contribution >= 4 is 46.3 Å². The molecule has 2 rings (SSSR count). The standard InChI is InChI=1S/C24H29Cl2N3O6/c1-6-32-18-12-15(13-19(20(18)26)33-7-2)28-29-21(14(5)30)24(31)27-17-11-10-16(25)22(34-8-3)23(17)35-9-4/h10-13,21H,6-9H2,1-5H3,(H,27,31). The van der Waals surface area contributed by atoms with Crippen LogP contribution in [0.5, 0.6) is 23.0 Å². The zero-order valence-electron chi connectivity index (χ0n) is 20.3. The Kier molecular flexibility index (Phi) is 11.1. The van der Waals surface area contributed by atoms with E-state index < -0.39 is 17.7 Å². The number of ether oxygens (including phenoxy) is 4. The maximum absolute atomic E-state index is 13.0. The van der Waals surface area contributed by atoms with E-state index >= 15 is 0 Å². The number of azo groups is 1. The predicted octanol–water partition coefficient (Wildman–Crippen LogP) is 6.27. The number of anilines is 1. The molecule has 9 nitrogen and oxygen atoms in total. The van der Waals surface area contributed by atoms with Crippen molar-refractivity contribution in [3.8, 4) is 23.0 Å². The summed E-state index contributed by atoms with van der Waals surface area (Å²) in [6, 6.07) is 4.80. The summed E-state index contributed by atoms with van der Waals surface area (Å²) in [6.07, 6.45) is 0. The molecule has 0 heterocycles. The van der Waals surface area contributed by atoms with Crippen LogP contribution in [-0.2, 0) is 9.59 Å². The second kappa shape index (κ2) is 13.7. The number of nitrogens with zero attached hydrogens (tertiary/aromatic N) is 2. The van der Waals surface area contributed by atoms with Gasteiger partial charge in [0, 0.05) is 12.1 Å². The van der Waals surface area contributed by atoms with E-state index in [9.17, 15) is 9.59 Å². The smallest absolute Gasteiger partial charge is 0.258 e. The molecule has 0 radical (unpaired) electrons. The lowest BCUT2D eigenvalue weighted by molar-refractivity contribution is -0.126. The minimum atomic E-state index is -1.42. The number of nitrogens with one attached hydrogen (secondary N) is 1.